The Morgan fingerprint density at radius 2 is 0.979 bits per heavy atom. The zero-order chi connectivity index (χ0) is 31.9. The van der Waals surface area contributed by atoms with Gasteiger partial charge in [0.15, 0.2) is 0 Å². The Kier molecular flexibility index (Phi) is 6.80. The number of pyridine rings is 1. The van der Waals surface area contributed by atoms with E-state index in [1.165, 1.54) is 38.6 Å². The molecule has 9 rings (SSSR count). The van der Waals surface area contributed by atoms with Gasteiger partial charge in [-0.05, 0) is 82.4 Å². The minimum absolute atomic E-state index is 0.911. The third kappa shape index (κ3) is 4.90. The van der Waals surface area contributed by atoms with Crippen LogP contribution < -0.4 is 5.32 Å². The molecule has 1 N–H and O–H groups in total. The molecular formula is C45H31N3. The van der Waals surface area contributed by atoms with E-state index in [1.807, 2.05) is 6.07 Å². The molecule has 0 atom stereocenters. The summed E-state index contributed by atoms with van der Waals surface area (Å²) in [5.74, 6) is 0.911. The Morgan fingerprint density at radius 1 is 0.396 bits per heavy atom. The highest BCUT2D eigenvalue weighted by Gasteiger charge is 2.17. The Hall–Kier alpha value is -6.45. The van der Waals surface area contributed by atoms with E-state index in [9.17, 15) is 0 Å². The third-order valence-corrected chi connectivity index (χ3v) is 9.18. The molecular weight excluding hydrogens is 583 g/mol. The summed E-state index contributed by atoms with van der Waals surface area (Å²) < 4.78 is 2.32. The SMILES string of the molecule is c1ccc(Nc2ccc(-c3ccc4c(c3)c3ccccc3n4-c3cc(-c4ccccc4)c4ccccc4n3)cc2-c2ccccc2)cc1. The number of anilines is 2. The lowest BCUT2D eigenvalue weighted by Crippen LogP contribution is -1.99. The first-order chi connectivity index (χ1) is 23.8. The summed E-state index contributed by atoms with van der Waals surface area (Å²) in [4.78, 5) is 5.23. The Morgan fingerprint density at radius 3 is 1.75 bits per heavy atom. The Labute approximate surface area is 279 Å². The standard InChI is InChI=1S/C45H31N3/c1-4-14-31(15-5-1)38-30-45(47-41-22-12-10-20-36(38)41)48-43-23-13-11-21-37(43)40-29-34(25-27-44(40)48)33-24-26-42(46-35-18-8-3-9-19-35)39(28-33)32-16-6-2-7-17-32/h1-30,46H. The van der Waals surface area contributed by atoms with Crippen LogP contribution in [-0.2, 0) is 0 Å². The average Bonchev–Trinajstić information content (AvgIpc) is 3.49. The van der Waals surface area contributed by atoms with Crippen molar-refractivity contribution in [1.29, 1.82) is 0 Å². The molecule has 0 saturated carbocycles. The van der Waals surface area contributed by atoms with Gasteiger partial charge in [-0.2, -0.15) is 0 Å². The van der Waals surface area contributed by atoms with Crippen LogP contribution in [0, 0.1) is 0 Å². The topological polar surface area (TPSA) is 29.9 Å². The van der Waals surface area contributed by atoms with E-state index < -0.39 is 0 Å². The fourth-order valence-electron chi connectivity index (χ4n) is 6.90. The van der Waals surface area contributed by atoms with E-state index in [2.05, 4.69) is 186 Å². The van der Waals surface area contributed by atoms with Crippen molar-refractivity contribution in [3.63, 3.8) is 0 Å². The second-order valence-electron chi connectivity index (χ2n) is 12.1. The van der Waals surface area contributed by atoms with Crippen LogP contribution in [0.2, 0.25) is 0 Å². The lowest BCUT2D eigenvalue weighted by molar-refractivity contribution is 1.10. The quantitative estimate of drug-likeness (QED) is 0.202. The van der Waals surface area contributed by atoms with Crippen molar-refractivity contribution in [2.24, 2.45) is 0 Å². The molecule has 2 heterocycles. The number of nitrogens with one attached hydrogen (secondary N) is 1. The van der Waals surface area contributed by atoms with Crippen LogP contribution >= 0.6 is 0 Å². The summed E-state index contributed by atoms with van der Waals surface area (Å²) >= 11 is 0. The third-order valence-electron chi connectivity index (χ3n) is 9.18. The molecule has 0 fully saturated rings. The van der Waals surface area contributed by atoms with Gasteiger partial charge in [0.1, 0.15) is 5.82 Å². The number of hydrogen-bond acceptors (Lipinski definition) is 2. The highest BCUT2D eigenvalue weighted by molar-refractivity contribution is 6.11. The highest BCUT2D eigenvalue weighted by atomic mass is 15.1. The number of rotatable bonds is 6. The van der Waals surface area contributed by atoms with Gasteiger partial charge in [-0.3, -0.25) is 4.57 Å². The molecule has 3 heteroatoms. The van der Waals surface area contributed by atoms with Crippen molar-refractivity contribution in [2.75, 3.05) is 5.32 Å². The second-order valence-corrected chi connectivity index (χ2v) is 12.1. The van der Waals surface area contributed by atoms with E-state index in [-0.39, 0.29) is 0 Å². The first kappa shape index (κ1) is 27.8. The molecule has 0 aliphatic carbocycles. The van der Waals surface area contributed by atoms with E-state index in [0.29, 0.717) is 0 Å². The highest BCUT2D eigenvalue weighted by Crippen LogP contribution is 2.39. The van der Waals surface area contributed by atoms with Crippen molar-refractivity contribution in [2.45, 2.75) is 0 Å². The van der Waals surface area contributed by atoms with Gasteiger partial charge < -0.3 is 5.32 Å². The molecule has 0 aliphatic rings. The van der Waals surface area contributed by atoms with Crippen LogP contribution in [0.4, 0.5) is 11.4 Å². The largest absolute Gasteiger partial charge is 0.355 e. The van der Waals surface area contributed by atoms with Crippen molar-refractivity contribution >= 4 is 44.1 Å². The second kappa shape index (κ2) is 11.7. The fraction of sp³-hybridized carbons (Fsp3) is 0. The predicted molar refractivity (Wildman–Crippen MR) is 202 cm³/mol. The summed E-state index contributed by atoms with van der Waals surface area (Å²) in [7, 11) is 0. The van der Waals surface area contributed by atoms with Crippen molar-refractivity contribution in [3.05, 3.63) is 182 Å². The maximum absolute atomic E-state index is 5.23. The summed E-state index contributed by atoms with van der Waals surface area (Å²) in [5.41, 5.74) is 12.4. The maximum atomic E-state index is 5.23. The number of hydrogen-bond donors (Lipinski definition) is 1. The minimum atomic E-state index is 0.911. The van der Waals surface area contributed by atoms with Gasteiger partial charge in [0.05, 0.1) is 16.6 Å². The lowest BCUT2D eigenvalue weighted by atomic mass is 9.96. The fourth-order valence-corrected chi connectivity index (χ4v) is 6.90. The number of benzene rings is 7. The van der Waals surface area contributed by atoms with E-state index in [4.69, 9.17) is 4.98 Å². The van der Waals surface area contributed by atoms with Crippen LogP contribution in [0.15, 0.2) is 182 Å². The zero-order valence-corrected chi connectivity index (χ0v) is 26.2. The van der Waals surface area contributed by atoms with Crippen molar-refractivity contribution in [1.82, 2.24) is 9.55 Å². The number of para-hydroxylation sites is 3. The molecule has 0 spiro atoms. The van der Waals surface area contributed by atoms with Gasteiger partial charge >= 0.3 is 0 Å². The molecule has 0 radical (unpaired) electrons. The molecule has 9 aromatic rings. The molecule has 0 unspecified atom stereocenters. The molecule has 0 bridgehead atoms. The predicted octanol–water partition coefficient (Wildman–Crippen LogP) is 12.1. The van der Waals surface area contributed by atoms with E-state index in [1.54, 1.807) is 0 Å². The van der Waals surface area contributed by atoms with Crippen molar-refractivity contribution in [3.8, 4) is 39.2 Å². The normalized spacial score (nSPS) is 11.3. The molecule has 0 aliphatic heterocycles. The van der Waals surface area contributed by atoms with E-state index >= 15 is 0 Å². The molecule has 226 valence electrons. The Bertz CT molecular complexity index is 2570. The van der Waals surface area contributed by atoms with Crippen LogP contribution in [0.5, 0.6) is 0 Å². The summed E-state index contributed by atoms with van der Waals surface area (Å²) in [6.45, 7) is 0. The number of aromatic nitrogens is 2. The van der Waals surface area contributed by atoms with Crippen molar-refractivity contribution < 1.29 is 0 Å². The van der Waals surface area contributed by atoms with Gasteiger partial charge in [0.25, 0.3) is 0 Å². The smallest absolute Gasteiger partial charge is 0.138 e. The maximum Gasteiger partial charge on any atom is 0.138 e. The first-order valence-corrected chi connectivity index (χ1v) is 16.3. The van der Waals surface area contributed by atoms with Crippen LogP contribution in [0.3, 0.4) is 0 Å². The Balaban J connectivity index is 1.22. The molecule has 3 nitrogen and oxygen atoms in total. The van der Waals surface area contributed by atoms with E-state index in [0.717, 1.165) is 44.7 Å². The first-order valence-electron chi connectivity index (χ1n) is 16.3. The van der Waals surface area contributed by atoms with Crippen LogP contribution in [0.1, 0.15) is 0 Å². The summed E-state index contributed by atoms with van der Waals surface area (Å²) in [6.07, 6.45) is 0. The molecule has 7 aromatic carbocycles. The molecule has 0 saturated heterocycles. The van der Waals surface area contributed by atoms with Gasteiger partial charge in [0.2, 0.25) is 0 Å². The molecule has 0 amide bonds. The van der Waals surface area contributed by atoms with Crippen LogP contribution in [0.25, 0.3) is 71.9 Å². The van der Waals surface area contributed by atoms with Gasteiger partial charge in [-0.1, -0.05) is 127 Å². The molecule has 2 aromatic heterocycles. The number of nitrogens with zero attached hydrogens (tertiary/aromatic N) is 2. The van der Waals surface area contributed by atoms with Crippen LogP contribution in [-0.4, -0.2) is 9.55 Å². The zero-order valence-electron chi connectivity index (χ0n) is 26.2. The minimum Gasteiger partial charge on any atom is -0.355 e. The average molecular weight is 614 g/mol. The van der Waals surface area contributed by atoms with Gasteiger partial charge in [-0.25, -0.2) is 4.98 Å². The number of fused-ring (bicyclic) bond motifs is 4. The van der Waals surface area contributed by atoms with Gasteiger partial charge in [-0.15, -0.1) is 0 Å². The monoisotopic (exact) mass is 613 g/mol. The summed E-state index contributed by atoms with van der Waals surface area (Å²) in [5, 5.41) is 7.20. The summed E-state index contributed by atoms with van der Waals surface area (Å²) in [6, 6.07) is 64.4. The lowest BCUT2D eigenvalue weighted by Gasteiger charge is -2.15. The van der Waals surface area contributed by atoms with Gasteiger partial charge in [0, 0.05) is 33.1 Å². The molecule has 48 heavy (non-hydrogen) atoms.